The van der Waals surface area contributed by atoms with Crippen LogP contribution in [0.3, 0.4) is 0 Å². The molecule has 3 aliphatic rings. The molecular weight excluding hydrogens is 459 g/mol. The maximum Gasteiger partial charge on any atom is 0.255 e. The van der Waals surface area contributed by atoms with E-state index < -0.39 is 0 Å². The van der Waals surface area contributed by atoms with Gasteiger partial charge in [0.2, 0.25) is 0 Å². The Labute approximate surface area is 218 Å². The first-order valence-electron chi connectivity index (χ1n) is 13.3. The zero-order chi connectivity index (χ0) is 25.6. The van der Waals surface area contributed by atoms with Crippen molar-refractivity contribution in [1.29, 1.82) is 0 Å². The van der Waals surface area contributed by atoms with Crippen molar-refractivity contribution in [2.24, 2.45) is 0 Å². The predicted octanol–water partition coefficient (Wildman–Crippen LogP) is 7.25. The number of piperidine rings is 1. The van der Waals surface area contributed by atoms with E-state index in [-0.39, 0.29) is 17.1 Å². The summed E-state index contributed by atoms with van der Waals surface area (Å²) in [7, 11) is 0. The van der Waals surface area contributed by atoms with E-state index in [4.69, 9.17) is 0 Å². The van der Waals surface area contributed by atoms with Crippen LogP contribution in [0, 0.1) is 12.7 Å². The number of carbonyl (C=O) groups is 1. The summed E-state index contributed by atoms with van der Waals surface area (Å²) >= 11 is 0. The Morgan fingerprint density at radius 2 is 1.89 bits per heavy atom. The van der Waals surface area contributed by atoms with E-state index in [0.717, 1.165) is 31.5 Å². The Bertz CT molecular complexity index is 1390. The van der Waals surface area contributed by atoms with Gasteiger partial charge in [0.15, 0.2) is 0 Å². The Morgan fingerprint density at radius 3 is 2.68 bits per heavy atom. The smallest absolute Gasteiger partial charge is 0.255 e. The molecule has 2 fully saturated rings. The van der Waals surface area contributed by atoms with Gasteiger partial charge in [0.1, 0.15) is 5.82 Å². The number of carbonyl (C=O) groups excluding carboxylic acids is 1. The molecule has 6 rings (SSSR count). The topological polar surface area (TPSA) is 32.3 Å². The first-order chi connectivity index (χ1) is 17.9. The van der Waals surface area contributed by atoms with Crippen LogP contribution in [0.1, 0.15) is 64.2 Å². The van der Waals surface area contributed by atoms with Crippen molar-refractivity contribution in [1.82, 2.24) is 4.90 Å². The van der Waals surface area contributed by atoms with Gasteiger partial charge in [-0.15, -0.1) is 0 Å². The molecule has 0 radical (unpaired) electrons. The van der Waals surface area contributed by atoms with Gasteiger partial charge in [0, 0.05) is 35.8 Å². The van der Waals surface area contributed by atoms with Gasteiger partial charge >= 0.3 is 0 Å². The molecule has 0 bridgehead atoms. The van der Waals surface area contributed by atoms with Crippen molar-refractivity contribution in [3.63, 3.8) is 0 Å². The van der Waals surface area contributed by atoms with E-state index >= 15 is 0 Å². The second kappa shape index (κ2) is 9.42. The molecule has 3 unspecified atom stereocenters. The number of likely N-dealkylation sites (tertiary alicyclic amines) is 1. The molecule has 1 N–H and O–H groups in total. The normalized spacial score (nSPS) is 25.0. The summed E-state index contributed by atoms with van der Waals surface area (Å²) in [5.74, 6) is 0.0199. The van der Waals surface area contributed by atoms with Crippen LogP contribution >= 0.6 is 0 Å². The van der Waals surface area contributed by atoms with Crippen LogP contribution in [-0.2, 0) is 5.41 Å². The molecule has 2 aliphatic carbocycles. The number of nitrogens with one attached hydrogen (secondary N) is 1. The van der Waals surface area contributed by atoms with E-state index in [1.165, 1.54) is 47.2 Å². The van der Waals surface area contributed by atoms with Crippen LogP contribution in [0.15, 0.2) is 85.0 Å². The summed E-state index contributed by atoms with van der Waals surface area (Å²) in [5, 5.41) is 2.86. The number of nitrogens with zero attached hydrogens (tertiary/aromatic N) is 1. The van der Waals surface area contributed by atoms with E-state index in [9.17, 15) is 9.18 Å². The number of allylic oxidation sites excluding steroid dienone is 1. The highest BCUT2D eigenvalue weighted by Crippen LogP contribution is 2.48. The number of fused-ring (bicyclic) bond motifs is 2. The monoisotopic (exact) mass is 492 g/mol. The number of hydrogen-bond donors (Lipinski definition) is 1. The third-order valence-corrected chi connectivity index (χ3v) is 8.80. The Hall–Kier alpha value is -3.50. The van der Waals surface area contributed by atoms with Gasteiger partial charge in [-0.3, -0.25) is 9.69 Å². The standard InChI is InChI=1S/C33H33FN2O/c1-22-19-26(32(37)35-28-11-9-27(34)10-12-28)8-14-30(22)25-7-13-29(20-25)36-18-17-33(23(2)21-36)16-15-24-5-3-4-6-31(24)33/h3-6,8-12,14-16,19,25,29H,2,7,13,17-18,20-21H2,1H3,(H,35,37). The maximum atomic E-state index is 13.2. The molecule has 0 aromatic heterocycles. The Kier molecular flexibility index (Phi) is 6.08. The lowest BCUT2D eigenvalue weighted by molar-refractivity contribution is 0.102. The molecule has 37 heavy (non-hydrogen) atoms. The molecule has 3 aromatic rings. The number of halogens is 1. The molecule has 3 aromatic carbocycles. The average Bonchev–Trinajstić information content (AvgIpc) is 3.54. The van der Waals surface area contributed by atoms with Crippen molar-refractivity contribution in [2.75, 3.05) is 18.4 Å². The largest absolute Gasteiger partial charge is 0.322 e. The van der Waals surface area contributed by atoms with Gasteiger partial charge in [-0.05, 0) is 103 Å². The first kappa shape index (κ1) is 23.9. The van der Waals surface area contributed by atoms with E-state index in [1.54, 1.807) is 12.1 Å². The van der Waals surface area contributed by atoms with Gasteiger partial charge in [0.05, 0.1) is 0 Å². The number of aryl methyl sites for hydroxylation is 1. The Morgan fingerprint density at radius 1 is 1.08 bits per heavy atom. The number of benzene rings is 3. The van der Waals surface area contributed by atoms with Crippen molar-refractivity contribution in [3.05, 3.63) is 119 Å². The van der Waals surface area contributed by atoms with E-state index in [0.29, 0.717) is 23.2 Å². The fraction of sp³-hybridized carbons (Fsp3) is 0.303. The van der Waals surface area contributed by atoms with Crippen LogP contribution in [0.4, 0.5) is 10.1 Å². The number of amides is 1. The van der Waals surface area contributed by atoms with Crippen molar-refractivity contribution in [2.45, 2.75) is 50.0 Å². The highest BCUT2D eigenvalue weighted by molar-refractivity contribution is 6.04. The lowest BCUT2D eigenvalue weighted by atomic mass is 9.71. The molecular formula is C33H33FN2O. The molecule has 1 saturated heterocycles. The molecule has 3 nitrogen and oxygen atoms in total. The minimum absolute atomic E-state index is 0.00596. The zero-order valence-corrected chi connectivity index (χ0v) is 21.3. The van der Waals surface area contributed by atoms with Crippen LogP contribution in [0.2, 0.25) is 0 Å². The highest BCUT2D eigenvalue weighted by atomic mass is 19.1. The quantitative estimate of drug-likeness (QED) is 0.389. The van der Waals surface area contributed by atoms with Gasteiger partial charge in [-0.2, -0.15) is 0 Å². The van der Waals surface area contributed by atoms with Gasteiger partial charge < -0.3 is 5.32 Å². The lowest BCUT2D eigenvalue weighted by Gasteiger charge is -2.43. The molecule has 3 atom stereocenters. The van der Waals surface area contributed by atoms with Crippen molar-refractivity contribution in [3.8, 4) is 0 Å². The first-order valence-corrected chi connectivity index (χ1v) is 13.3. The summed E-state index contributed by atoms with van der Waals surface area (Å²) in [5.41, 5.74) is 7.80. The predicted molar refractivity (Wildman–Crippen MR) is 148 cm³/mol. The summed E-state index contributed by atoms with van der Waals surface area (Å²) in [4.78, 5) is 15.4. The summed E-state index contributed by atoms with van der Waals surface area (Å²) < 4.78 is 13.2. The summed E-state index contributed by atoms with van der Waals surface area (Å²) in [6.45, 7) is 8.73. The minimum atomic E-state index is -0.317. The van der Waals surface area contributed by atoms with Crippen LogP contribution in [0.25, 0.3) is 6.08 Å². The number of hydrogen-bond acceptors (Lipinski definition) is 2. The lowest BCUT2D eigenvalue weighted by Crippen LogP contribution is -2.46. The average molecular weight is 493 g/mol. The van der Waals surface area contributed by atoms with E-state index in [1.807, 2.05) is 12.1 Å². The number of anilines is 1. The fourth-order valence-corrected chi connectivity index (χ4v) is 6.75. The summed E-state index contributed by atoms with van der Waals surface area (Å²) in [6.07, 6.45) is 9.26. The van der Waals surface area contributed by atoms with Crippen LogP contribution < -0.4 is 5.32 Å². The van der Waals surface area contributed by atoms with Crippen LogP contribution in [0.5, 0.6) is 0 Å². The third-order valence-electron chi connectivity index (χ3n) is 8.80. The molecule has 1 heterocycles. The van der Waals surface area contributed by atoms with Crippen LogP contribution in [-0.4, -0.2) is 29.9 Å². The zero-order valence-electron chi connectivity index (χ0n) is 21.3. The highest BCUT2D eigenvalue weighted by Gasteiger charge is 2.43. The third kappa shape index (κ3) is 4.34. The SMILES string of the molecule is C=C1CN(C2CCC(c3ccc(C(=O)Nc4ccc(F)cc4)cc3C)C2)CCC12C=Cc1ccccc12. The molecule has 1 saturated carbocycles. The molecule has 1 amide bonds. The fourth-order valence-electron chi connectivity index (χ4n) is 6.75. The second-order valence-corrected chi connectivity index (χ2v) is 10.9. The van der Waals surface area contributed by atoms with Gasteiger partial charge in [0.25, 0.3) is 5.91 Å². The molecule has 1 aliphatic heterocycles. The van der Waals surface area contributed by atoms with Gasteiger partial charge in [-0.25, -0.2) is 4.39 Å². The van der Waals surface area contributed by atoms with Crippen molar-refractivity contribution < 1.29 is 9.18 Å². The van der Waals surface area contributed by atoms with Crippen molar-refractivity contribution >= 4 is 17.7 Å². The minimum Gasteiger partial charge on any atom is -0.322 e. The molecule has 4 heteroatoms. The molecule has 188 valence electrons. The number of rotatable bonds is 4. The van der Waals surface area contributed by atoms with Gasteiger partial charge in [-0.1, -0.05) is 49.1 Å². The van der Waals surface area contributed by atoms with E-state index in [2.05, 4.69) is 66.2 Å². The summed E-state index contributed by atoms with van der Waals surface area (Å²) in [6, 6.07) is 21.2. The Balaban J connectivity index is 1.10. The second-order valence-electron chi connectivity index (χ2n) is 10.9. The molecule has 1 spiro atoms. The maximum absolute atomic E-state index is 13.2.